The van der Waals surface area contributed by atoms with Gasteiger partial charge in [0, 0.05) is 18.4 Å². The summed E-state index contributed by atoms with van der Waals surface area (Å²) in [6.07, 6.45) is 4.38. The first-order valence-electron chi connectivity index (χ1n) is 5.13. The number of hydrogen-bond acceptors (Lipinski definition) is 4. The Kier molecular flexibility index (Phi) is 5.25. The van der Waals surface area contributed by atoms with Crippen molar-refractivity contribution in [2.24, 2.45) is 0 Å². The smallest absolute Gasteiger partial charge is 0.0607 e. The zero-order valence-corrected chi connectivity index (χ0v) is 8.93. The molecular weight excluding hydrogens is 192 g/mol. The Morgan fingerprint density at radius 1 is 1.27 bits per heavy atom. The second-order valence-corrected chi connectivity index (χ2v) is 3.69. The van der Waals surface area contributed by atoms with E-state index in [0.29, 0.717) is 0 Å². The maximum absolute atomic E-state index is 8.91. The fourth-order valence-corrected chi connectivity index (χ4v) is 1.50. The van der Waals surface area contributed by atoms with Crippen molar-refractivity contribution in [2.75, 3.05) is 13.2 Å². The molecule has 0 aromatic carbocycles. The minimum atomic E-state index is -0.234. The molecule has 84 valence electrons. The maximum Gasteiger partial charge on any atom is 0.0607 e. The van der Waals surface area contributed by atoms with Crippen LogP contribution in [-0.2, 0) is 6.42 Å². The van der Waals surface area contributed by atoms with E-state index < -0.39 is 0 Å². The van der Waals surface area contributed by atoms with Crippen LogP contribution in [0.2, 0.25) is 0 Å². The molecule has 0 aliphatic carbocycles. The SMILES string of the molecule is CC(Cc1ccncc1)NC(CO)CO. The molecule has 1 heterocycles. The summed E-state index contributed by atoms with van der Waals surface area (Å²) in [5, 5.41) is 21.0. The van der Waals surface area contributed by atoms with E-state index in [9.17, 15) is 0 Å². The fraction of sp³-hybridized carbons (Fsp3) is 0.545. The summed E-state index contributed by atoms with van der Waals surface area (Å²) in [7, 11) is 0. The lowest BCUT2D eigenvalue weighted by atomic mass is 10.1. The Hall–Kier alpha value is -0.970. The third-order valence-electron chi connectivity index (χ3n) is 2.25. The monoisotopic (exact) mass is 210 g/mol. The van der Waals surface area contributed by atoms with Crippen molar-refractivity contribution in [3.8, 4) is 0 Å². The summed E-state index contributed by atoms with van der Waals surface area (Å²) in [4.78, 5) is 3.95. The van der Waals surface area contributed by atoms with Crippen molar-refractivity contribution >= 4 is 0 Å². The average Bonchev–Trinajstić information content (AvgIpc) is 2.27. The third kappa shape index (κ3) is 4.38. The molecule has 1 aromatic rings. The van der Waals surface area contributed by atoms with Crippen molar-refractivity contribution in [3.63, 3.8) is 0 Å². The van der Waals surface area contributed by atoms with Crippen molar-refractivity contribution < 1.29 is 10.2 Å². The van der Waals surface area contributed by atoms with Crippen LogP contribution in [0.5, 0.6) is 0 Å². The Labute approximate surface area is 90.0 Å². The molecule has 0 aliphatic heterocycles. The Balaban J connectivity index is 2.39. The molecule has 15 heavy (non-hydrogen) atoms. The molecule has 0 aliphatic rings. The van der Waals surface area contributed by atoms with Gasteiger partial charge in [-0.1, -0.05) is 0 Å². The first-order valence-corrected chi connectivity index (χ1v) is 5.13. The maximum atomic E-state index is 8.91. The molecule has 1 aromatic heterocycles. The van der Waals surface area contributed by atoms with E-state index in [1.807, 2.05) is 19.1 Å². The Bertz CT molecular complexity index is 263. The largest absolute Gasteiger partial charge is 0.395 e. The molecule has 0 saturated carbocycles. The van der Waals surface area contributed by atoms with Gasteiger partial charge < -0.3 is 15.5 Å². The summed E-state index contributed by atoms with van der Waals surface area (Å²) < 4.78 is 0. The second kappa shape index (κ2) is 6.50. The molecule has 4 nitrogen and oxygen atoms in total. The number of rotatable bonds is 6. The van der Waals surface area contributed by atoms with Crippen LogP contribution in [0.4, 0.5) is 0 Å². The van der Waals surface area contributed by atoms with Crippen LogP contribution in [0.3, 0.4) is 0 Å². The lowest BCUT2D eigenvalue weighted by Gasteiger charge is -2.19. The predicted octanol–water partition coefficient (Wildman–Crippen LogP) is -0.0446. The number of nitrogens with one attached hydrogen (secondary N) is 1. The topological polar surface area (TPSA) is 65.4 Å². The lowest BCUT2D eigenvalue weighted by Crippen LogP contribution is -2.42. The minimum absolute atomic E-state index is 0.0445. The molecule has 0 bridgehead atoms. The molecule has 1 atom stereocenters. The van der Waals surface area contributed by atoms with Gasteiger partial charge in [0.25, 0.3) is 0 Å². The van der Waals surface area contributed by atoms with Gasteiger partial charge in [-0.05, 0) is 31.0 Å². The van der Waals surface area contributed by atoms with Gasteiger partial charge in [-0.3, -0.25) is 4.98 Å². The van der Waals surface area contributed by atoms with E-state index in [1.54, 1.807) is 12.4 Å². The number of hydrogen-bond donors (Lipinski definition) is 3. The van der Waals surface area contributed by atoms with Crippen molar-refractivity contribution in [1.29, 1.82) is 0 Å². The molecule has 4 heteroatoms. The second-order valence-electron chi connectivity index (χ2n) is 3.69. The number of aliphatic hydroxyl groups excluding tert-OH is 2. The molecule has 0 spiro atoms. The van der Waals surface area contributed by atoms with Crippen LogP contribution in [0.15, 0.2) is 24.5 Å². The van der Waals surface area contributed by atoms with Gasteiger partial charge in [0.15, 0.2) is 0 Å². The first-order chi connectivity index (χ1) is 7.26. The molecule has 0 fully saturated rings. The highest BCUT2D eigenvalue weighted by Gasteiger charge is 2.10. The quantitative estimate of drug-likeness (QED) is 0.616. The van der Waals surface area contributed by atoms with E-state index in [4.69, 9.17) is 10.2 Å². The molecular formula is C11H18N2O2. The van der Waals surface area contributed by atoms with Crippen LogP contribution in [0.1, 0.15) is 12.5 Å². The molecule has 0 radical (unpaired) electrons. The average molecular weight is 210 g/mol. The van der Waals surface area contributed by atoms with E-state index in [0.717, 1.165) is 6.42 Å². The highest BCUT2D eigenvalue weighted by atomic mass is 16.3. The molecule has 3 N–H and O–H groups in total. The van der Waals surface area contributed by atoms with Crippen LogP contribution >= 0.6 is 0 Å². The summed E-state index contributed by atoms with van der Waals surface area (Å²) >= 11 is 0. The molecule has 0 saturated heterocycles. The zero-order chi connectivity index (χ0) is 11.1. The van der Waals surface area contributed by atoms with E-state index >= 15 is 0 Å². The minimum Gasteiger partial charge on any atom is -0.395 e. The fourth-order valence-electron chi connectivity index (χ4n) is 1.50. The third-order valence-corrected chi connectivity index (χ3v) is 2.25. The zero-order valence-electron chi connectivity index (χ0n) is 8.93. The van der Waals surface area contributed by atoms with Gasteiger partial charge >= 0.3 is 0 Å². The van der Waals surface area contributed by atoms with E-state index in [1.165, 1.54) is 5.56 Å². The summed E-state index contributed by atoms with van der Waals surface area (Å²) in [6, 6.07) is 3.91. The van der Waals surface area contributed by atoms with Gasteiger partial charge in [0.1, 0.15) is 0 Å². The van der Waals surface area contributed by atoms with E-state index in [-0.39, 0.29) is 25.3 Å². The van der Waals surface area contributed by atoms with Crippen LogP contribution < -0.4 is 5.32 Å². The summed E-state index contributed by atoms with van der Waals surface area (Å²) in [6.45, 7) is 1.94. The van der Waals surface area contributed by atoms with Gasteiger partial charge in [0.2, 0.25) is 0 Å². The highest BCUT2D eigenvalue weighted by Crippen LogP contribution is 2.01. The molecule has 1 unspecified atom stereocenters. The van der Waals surface area contributed by atoms with E-state index in [2.05, 4.69) is 10.3 Å². The van der Waals surface area contributed by atoms with Gasteiger partial charge in [-0.25, -0.2) is 0 Å². The summed E-state index contributed by atoms with van der Waals surface area (Å²) in [5.41, 5.74) is 1.19. The van der Waals surface area contributed by atoms with Crippen LogP contribution in [0, 0.1) is 0 Å². The number of aromatic nitrogens is 1. The van der Waals surface area contributed by atoms with Gasteiger partial charge in [-0.15, -0.1) is 0 Å². The van der Waals surface area contributed by atoms with Crippen molar-refractivity contribution in [2.45, 2.75) is 25.4 Å². The standard InChI is InChI=1S/C11H18N2O2/c1-9(13-11(7-14)8-15)6-10-2-4-12-5-3-10/h2-5,9,11,13-15H,6-8H2,1H3. The first kappa shape index (κ1) is 12.1. The van der Waals surface area contributed by atoms with Crippen LogP contribution in [0.25, 0.3) is 0 Å². The lowest BCUT2D eigenvalue weighted by molar-refractivity contribution is 0.163. The number of pyridine rings is 1. The molecule has 0 amide bonds. The van der Waals surface area contributed by atoms with Crippen molar-refractivity contribution in [1.82, 2.24) is 10.3 Å². The number of nitrogens with zero attached hydrogens (tertiary/aromatic N) is 1. The van der Waals surface area contributed by atoms with Crippen LogP contribution in [-0.4, -0.2) is 40.5 Å². The normalized spacial score (nSPS) is 13.1. The Morgan fingerprint density at radius 2 is 1.87 bits per heavy atom. The van der Waals surface area contributed by atoms with Gasteiger partial charge in [-0.2, -0.15) is 0 Å². The van der Waals surface area contributed by atoms with Gasteiger partial charge in [0.05, 0.1) is 19.3 Å². The summed E-state index contributed by atoms with van der Waals surface area (Å²) in [5.74, 6) is 0. The number of aliphatic hydroxyl groups is 2. The predicted molar refractivity (Wildman–Crippen MR) is 58.5 cm³/mol. The van der Waals surface area contributed by atoms with Crippen molar-refractivity contribution in [3.05, 3.63) is 30.1 Å². The molecule has 1 rings (SSSR count). The Morgan fingerprint density at radius 3 is 2.40 bits per heavy atom. The highest BCUT2D eigenvalue weighted by molar-refractivity contribution is 5.11.